The number of amides is 1. The van der Waals surface area contributed by atoms with Gasteiger partial charge in [0, 0.05) is 10.9 Å². The standard InChI is InChI=1S/C15H14FN5OS/c1-9-18-12(8-23-9)6-14(22)17-7-13-19-15(21-20-13)10-2-4-11(16)5-3-10/h2-5,8H,6-7H2,1H3,(H,17,22)(H,19,20,21). The number of carbonyl (C=O) groups excluding carboxylic acids is 1. The first kappa shape index (κ1) is 15.3. The number of benzene rings is 1. The molecule has 2 N–H and O–H groups in total. The molecule has 23 heavy (non-hydrogen) atoms. The molecule has 0 fully saturated rings. The predicted molar refractivity (Wildman–Crippen MR) is 84.2 cm³/mol. The zero-order chi connectivity index (χ0) is 16.2. The molecule has 1 aromatic carbocycles. The van der Waals surface area contributed by atoms with Gasteiger partial charge in [-0.25, -0.2) is 14.4 Å². The van der Waals surface area contributed by atoms with E-state index in [4.69, 9.17) is 0 Å². The number of H-pyrrole nitrogens is 1. The Morgan fingerprint density at radius 1 is 1.30 bits per heavy atom. The lowest BCUT2D eigenvalue weighted by Crippen LogP contribution is -2.25. The van der Waals surface area contributed by atoms with E-state index in [0.29, 0.717) is 17.2 Å². The Morgan fingerprint density at radius 3 is 2.78 bits per heavy atom. The van der Waals surface area contributed by atoms with Crippen LogP contribution in [0.1, 0.15) is 16.5 Å². The van der Waals surface area contributed by atoms with Crippen LogP contribution in [0.3, 0.4) is 0 Å². The summed E-state index contributed by atoms with van der Waals surface area (Å²) in [4.78, 5) is 20.4. The van der Waals surface area contributed by atoms with E-state index in [1.54, 1.807) is 12.1 Å². The van der Waals surface area contributed by atoms with Gasteiger partial charge in [-0.2, -0.15) is 5.10 Å². The molecule has 0 aliphatic rings. The van der Waals surface area contributed by atoms with Gasteiger partial charge in [-0.05, 0) is 31.2 Å². The van der Waals surface area contributed by atoms with Crippen LogP contribution in [0.15, 0.2) is 29.6 Å². The monoisotopic (exact) mass is 331 g/mol. The number of nitrogens with zero attached hydrogens (tertiary/aromatic N) is 3. The van der Waals surface area contributed by atoms with Crippen molar-refractivity contribution in [3.8, 4) is 11.4 Å². The fraction of sp³-hybridized carbons (Fsp3) is 0.200. The number of aromatic amines is 1. The van der Waals surface area contributed by atoms with Crippen LogP contribution in [0.25, 0.3) is 11.4 Å². The van der Waals surface area contributed by atoms with Gasteiger partial charge >= 0.3 is 0 Å². The lowest BCUT2D eigenvalue weighted by molar-refractivity contribution is -0.120. The molecule has 0 radical (unpaired) electrons. The number of halogens is 1. The maximum atomic E-state index is 12.9. The Kier molecular flexibility index (Phi) is 4.42. The first-order valence-electron chi connectivity index (χ1n) is 6.95. The van der Waals surface area contributed by atoms with Crippen molar-refractivity contribution in [2.24, 2.45) is 0 Å². The van der Waals surface area contributed by atoms with Crippen LogP contribution < -0.4 is 5.32 Å². The third-order valence-corrected chi connectivity index (χ3v) is 3.92. The normalized spacial score (nSPS) is 10.7. The quantitative estimate of drug-likeness (QED) is 0.751. The molecule has 0 atom stereocenters. The first-order chi connectivity index (χ1) is 11.1. The minimum atomic E-state index is -0.311. The maximum Gasteiger partial charge on any atom is 0.226 e. The smallest absolute Gasteiger partial charge is 0.226 e. The molecule has 6 nitrogen and oxygen atoms in total. The van der Waals surface area contributed by atoms with Crippen molar-refractivity contribution in [1.82, 2.24) is 25.5 Å². The van der Waals surface area contributed by atoms with Crippen LogP contribution in [0.4, 0.5) is 4.39 Å². The van der Waals surface area contributed by atoms with Gasteiger partial charge < -0.3 is 5.32 Å². The SMILES string of the molecule is Cc1nc(CC(=O)NCc2nc(-c3ccc(F)cc3)n[nH]2)cs1. The average Bonchev–Trinajstić information content (AvgIpc) is 3.15. The maximum absolute atomic E-state index is 12.9. The summed E-state index contributed by atoms with van der Waals surface area (Å²) in [6, 6.07) is 5.91. The molecule has 0 bridgehead atoms. The van der Waals surface area contributed by atoms with E-state index < -0.39 is 0 Å². The molecule has 0 saturated carbocycles. The summed E-state index contributed by atoms with van der Waals surface area (Å²) in [5.41, 5.74) is 1.47. The number of rotatable bonds is 5. The van der Waals surface area contributed by atoms with Crippen LogP contribution in [0, 0.1) is 12.7 Å². The summed E-state index contributed by atoms with van der Waals surface area (Å²) < 4.78 is 12.9. The Morgan fingerprint density at radius 2 is 2.09 bits per heavy atom. The van der Waals surface area contributed by atoms with Crippen molar-refractivity contribution < 1.29 is 9.18 Å². The lowest BCUT2D eigenvalue weighted by Gasteiger charge is -2.00. The molecular weight excluding hydrogens is 317 g/mol. The molecule has 118 valence electrons. The van der Waals surface area contributed by atoms with Crippen LogP contribution in [-0.2, 0) is 17.8 Å². The van der Waals surface area contributed by atoms with E-state index in [-0.39, 0.29) is 24.7 Å². The number of aromatic nitrogens is 4. The third-order valence-electron chi connectivity index (χ3n) is 3.10. The van der Waals surface area contributed by atoms with Crippen molar-refractivity contribution in [2.45, 2.75) is 19.9 Å². The van der Waals surface area contributed by atoms with Gasteiger partial charge in [0.2, 0.25) is 5.91 Å². The number of carbonyl (C=O) groups is 1. The van der Waals surface area contributed by atoms with E-state index in [1.807, 2.05) is 12.3 Å². The summed E-state index contributed by atoms with van der Waals surface area (Å²) in [6.45, 7) is 2.15. The first-order valence-corrected chi connectivity index (χ1v) is 7.83. The van der Waals surface area contributed by atoms with Gasteiger partial charge in [-0.15, -0.1) is 11.3 Å². The minimum absolute atomic E-state index is 0.130. The average molecular weight is 331 g/mol. The van der Waals surface area contributed by atoms with E-state index >= 15 is 0 Å². The Labute approximate surface area is 135 Å². The van der Waals surface area contributed by atoms with E-state index in [9.17, 15) is 9.18 Å². The van der Waals surface area contributed by atoms with E-state index in [2.05, 4.69) is 25.5 Å². The zero-order valence-electron chi connectivity index (χ0n) is 12.3. The van der Waals surface area contributed by atoms with Crippen molar-refractivity contribution in [1.29, 1.82) is 0 Å². The van der Waals surface area contributed by atoms with Gasteiger partial charge in [0.25, 0.3) is 0 Å². The second kappa shape index (κ2) is 6.66. The highest BCUT2D eigenvalue weighted by Crippen LogP contribution is 2.14. The highest BCUT2D eigenvalue weighted by molar-refractivity contribution is 7.09. The van der Waals surface area contributed by atoms with Crippen LogP contribution in [-0.4, -0.2) is 26.1 Å². The summed E-state index contributed by atoms with van der Waals surface area (Å²) >= 11 is 1.52. The Hall–Kier alpha value is -2.61. The highest BCUT2D eigenvalue weighted by Gasteiger charge is 2.09. The lowest BCUT2D eigenvalue weighted by atomic mass is 10.2. The fourth-order valence-electron chi connectivity index (χ4n) is 2.00. The largest absolute Gasteiger partial charge is 0.348 e. The van der Waals surface area contributed by atoms with Gasteiger partial charge in [-0.1, -0.05) is 0 Å². The van der Waals surface area contributed by atoms with Crippen molar-refractivity contribution in [3.05, 3.63) is 52.0 Å². The van der Waals surface area contributed by atoms with E-state index in [0.717, 1.165) is 10.7 Å². The zero-order valence-corrected chi connectivity index (χ0v) is 13.2. The van der Waals surface area contributed by atoms with Crippen LogP contribution >= 0.6 is 11.3 Å². The number of aryl methyl sites for hydroxylation is 1. The second-order valence-electron chi connectivity index (χ2n) is 4.92. The molecule has 0 spiro atoms. The number of hydrogen-bond acceptors (Lipinski definition) is 5. The highest BCUT2D eigenvalue weighted by atomic mass is 32.1. The summed E-state index contributed by atoms with van der Waals surface area (Å²) in [6.07, 6.45) is 0.239. The van der Waals surface area contributed by atoms with Crippen LogP contribution in [0.2, 0.25) is 0 Å². The molecule has 8 heteroatoms. The summed E-state index contributed by atoms with van der Waals surface area (Å²) in [5.74, 6) is 0.556. The summed E-state index contributed by atoms with van der Waals surface area (Å²) in [7, 11) is 0. The molecule has 2 aromatic heterocycles. The third kappa shape index (κ3) is 3.98. The molecule has 3 aromatic rings. The van der Waals surface area contributed by atoms with Gasteiger partial charge in [0.15, 0.2) is 5.82 Å². The number of thiazole rings is 1. The topological polar surface area (TPSA) is 83.6 Å². The molecular formula is C15H14FN5OS. The second-order valence-corrected chi connectivity index (χ2v) is 5.99. The molecule has 3 rings (SSSR count). The minimum Gasteiger partial charge on any atom is -0.348 e. The molecule has 0 aliphatic carbocycles. The van der Waals surface area contributed by atoms with E-state index in [1.165, 1.54) is 23.5 Å². The van der Waals surface area contributed by atoms with Crippen molar-refractivity contribution in [2.75, 3.05) is 0 Å². The number of hydrogen-bond donors (Lipinski definition) is 2. The number of nitrogens with one attached hydrogen (secondary N) is 2. The van der Waals surface area contributed by atoms with Gasteiger partial charge in [0.1, 0.15) is 11.6 Å². The molecule has 1 amide bonds. The molecule has 0 aliphatic heterocycles. The Bertz CT molecular complexity index is 811. The van der Waals surface area contributed by atoms with Gasteiger partial charge in [0.05, 0.1) is 23.7 Å². The Balaban J connectivity index is 1.56. The summed E-state index contributed by atoms with van der Waals surface area (Å²) in [5, 5.41) is 12.4. The molecule has 0 unspecified atom stereocenters. The molecule has 2 heterocycles. The van der Waals surface area contributed by atoms with Gasteiger partial charge in [-0.3, -0.25) is 9.89 Å². The fourth-order valence-corrected chi connectivity index (χ4v) is 2.61. The predicted octanol–water partition coefficient (Wildman–Crippen LogP) is 2.23. The van der Waals surface area contributed by atoms with Crippen LogP contribution in [0.5, 0.6) is 0 Å². The molecule has 0 saturated heterocycles. The van der Waals surface area contributed by atoms with Crippen molar-refractivity contribution >= 4 is 17.2 Å². The van der Waals surface area contributed by atoms with Crippen molar-refractivity contribution in [3.63, 3.8) is 0 Å².